The molecule has 2 aromatic carbocycles. The summed E-state index contributed by atoms with van der Waals surface area (Å²) in [5.74, 6) is 0.267. The summed E-state index contributed by atoms with van der Waals surface area (Å²) in [7, 11) is -3.63. The van der Waals surface area contributed by atoms with E-state index in [-0.39, 0.29) is 5.92 Å². The van der Waals surface area contributed by atoms with Crippen LogP contribution >= 0.6 is 15.9 Å². The molecule has 1 aliphatic heterocycles. The van der Waals surface area contributed by atoms with E-state index in [1.807, 2.05) is 37.3 Å². The molecule has 0 bridgehead atoms. The summed E-state index contributed by atoms with van der Waals surface area (Å²) in [4.78, 5) is 0.305. The van der Waals surface area contributed by atoms with Crippen LogP contribution in [-0.2, 0) is 10.0 Å². The number of benzene rings is 2. The normalized spacial score (nSPS) is 18.0. The maximum atomic E-state index is 13.1. The van der Waals surface area contributed by atoms with Gasteiger partial charge in [0.15, 0.2) is 0 Å². The molecule has 0 fully saturated rings. The Balaban J connectivity index is 2.17. The molecule has 0 spiro atoms. The van der Waals surface area contributed by atoms with E-state index in [1.54, 1.807) is 12.1 Å². The summed E-state index contributed by atoms with van der Waals surface area (Å²) < 4.78 is 29.4. The van der Waals surface area contributed by atoms with Gasteiger partial charge in [0.05, 0.1) is 0 Å². The van der Waals surface area contributed by atoms with Crippen LogP contribution in [-0.4, -0.2) is 28.5 Å². The Morgan fingerprint density at radius 3 is 2.48 bits per heavy atom. The summed E-state index contributed by atoms with van der Waals surface area (Å²) in [5, 5.41) is 0. The van der Waals surface area contributed by atoms with Gasteiger partial charge in [0.25, 0.3) is 0 Å². The molecule has 0 amide bonds. The molecule has 0 aliphatic carbocycles. The molecule has 23 heavy (non-hydrogen) atoms. The molecule has 1 atom stereocenters. The van der Waals surface area contributed by atoms with E-state index in [9.17, 15) is 8.42 Å². The van der Waals surface area contributed by atoms with Gasteiger partial charge in [-0.2, -0.15) is 0 Å². The van der Waals surface area contributed by atoms with E-state index in [1.165, 1.54) is 4.31 Å². The molecule has 6 heteroatoms. The van der Waals surface area contributed by atoms with Crippen molar-refractivity contribution in [2.75, 3.05) is 4.31 Å². The zero-order valence-corrected chi connectivity index (χ0v) is 16.9. The molecule has 1 heterocycles. The van der Waals surface area contributed by atoms with E-state index in [2.05, 4.69) is 38.4 Å². The Morgan fingerprint density at radius 1 is 1.17 bits per heavy atom. The fourth-order valence-corrected chi connectivity index (χ4v) is 5.96. The molecule has 120 valence electrons. The molecule has 0 saturated carbocycles. The van der Waals surface area contributed by atoms with Gasteiger partial charge >= 0.3 is 154 Å². The number of aryl methyl sites for hydroxylation is 1. The van der Waals surface area contributed by atoms with Crippen molar-refractivity contribution in [1.29, 1.82) is 0 Å². The first-order chi connectivity index (χ1) is 10.8. The van der Waals surface area contributed by atoms with Crippen molar-refractivity contribution in [3.63, 3.8) is 0 Å². The SMILES string of the molecule is Cc1ccc(S(=O)(=O)N2C(=[Se])CC(C)c3cc(Br)ccc32)cc1. The number of anilines is 1. The average Bonchev–Trinajstić information content (AvgIpc) is 2.48. The average molecular weight is 457 g/mol. The van der Waals surface area contributed by atoms with Crippen molar-refractivity contribution >= 4 is 51.8 Å². The van der Waals surface area contributed by atoms with Crippen molar-refractivity contribution in [3.05, 3.63) is 58.1 Å². The van der Waals surface area contributed by atoms with Gasteiger partial charge in [0.2, 0.25) is 0 Å². The van der Waals surface area contributed by atoms with Crippen LogP contribution in [0.4, 0.5) is 5.69 Å². The van der Waals surface area contributed by atoms with Crippen LogP contribution in [0.3, 0.4) is 0 Å². The Labute approximate surface area is 153 Å². The van der Waals surface area contributed by atoms with Crippen molar-refractivity contribution in [2.24, 2.45) is 0 Å². The molecule has 1 aliphatic rings. The molecular weight excluding hydrogens is 441 g/mol. The number of hydrogen-bond donors (Lipinski definition) is 0. The first kappa shape index (κ1) is 16.9. The second-order valence-electron chi connectivity index (χ2n) is 5.78. The third-order valence-electron chi connectivity index (χ3n) is 4.01. The third kappa shape index (κ3) is 3.05. The van der Waals surface area contributed by atoms with Crippen molar-refractivity contribution in [3.8, 4) is 0 Å². The number of halogens is 1. The summed E-state index contributed by atoms with van der Waals surface area (Å²) in [6.45, 7) is 4.05. The van der Waals surface area contributed by atoms with E-state index in [0.29, 0.717) is 11.3 Å². The first-order valence-electron chi connectivity index (χ1n) is 7.25. The summed E-state index contributed by atoms with van der Waals surface area (Å²) in [6.07, 6.45) is 0.675. The van der Waals surface area contributed by atoms with E-state index in [0.717, 1.165) is 25.8 Å². The Hall–Kier alpha value is -0.941. The van der Waals surface area contributed by atoms with Gasteiger partial charge in [0, 0.05) is 0 Å². The number of hydrogen-bond acceptors (Lipinski definition) is 2. The molecule has 0 radical (unpaired) electrons. The van der Waals surface area contributed by atoms with Crippen molar-refractivity contribution < 1.29 is 8.42 Å². The molecule has 0 N–H and O–H groups in total. The van der Waals surface area contributed by atoms with Crippen LogP contribution in [0.2, 0.25) is 0 Å². The standard InChI is InChI=1S/C17H16BrNO2SSe/c1-11-3-6-14(7-4-11)22(20,21)19-16-8-5-13(18)10-15(16)12(2)9-17(19)23/h3-8,10,12H,9H2,1-2H3. The third-order valence-corrected chi connectivity index (χ3v) is 7.26. The van der Waals surface area contributed by atoms with Gasteiger partial charge in [-0.1, -0.05) is 0 Å². The Bertz CT molecular complexity index is 878. The zero-order chi connectivity index (χ0) is 16.8. The minimum absolute atomic E-state index is 0.267. The van der Waals surface area contributed by atoms with Crippen molar-refractivity contribution in [2.45, 2.75) is 31.1 Å². The van der Waals surface area contributed by atoms with Crippen LogP contribution in [0, 0.1) is 6.92 Å². The predicted octanol–water partition coefficient (Wildman–Crippen LogP) is 3.76. The van der Waals surface area contributed by atoms with Gasteiger partial charge in [-0.15, -0.1) is 0 Å². The first-order valence-corrected chi connectivity index (χ1v) is 10.3. The minimum atomic E-state index is -3.63. The number of rotatable bonds is 2. The van der Waals surface area contributed by atoms with Gasteiger partial charge in [0.1, 0.15) is 0 Å². The van der Waals surface area contributed by atoms with Crippen LogP contribution < -0.4 is 4.31 Å². The van der Waals surface area contributed by atoms with E-state index >= 15 is 0 Å². The van der Waals surface area contributed by atoms with E-state index < -0.39 is 10.0 Å². The molecule has 3 nitrogen and oxygen atoms in total. The molecule has 1 unspecified atom stereocenters. The Morgan fingerprint density at radius 2 is 1.83 bits per heavy atom. The topological polar surface area (TPSA) is 37.4 Å². The fraction of sp³-hybridized carbons (Fsp3) is 0.235. The monoisotopic (exact) mass is 457 g/mol. The number of nitrogens with zero attached hydrogens (tertiary/aromatic N) is 1. The molecular formula is C17H16BrNO2SSe. The molecule has 2 aromatic rings. The number of fused-ring (bicyclic) bond motifs is 1. The number of sulfonamides is 1. The summed E-state index contributed by atoms with van der Waals surface area (Å²) >= 11 is 6.43. The van der Waals surface area contributed by atoms with Crippen LogP contribution in [0.25, 0.3) is 0 Å². The molecule has 0 aromatic heterocycles. The van der Waals surface area contributed by atoms with E-state index in [4.69, 9.17) is 0 Å². The van der Waals surface area contributed by atoms with Gasteiger partial charge in [-0.3, -0.25) is 0 Å². The summed E-state index contributed by atoms with van der Waals surface area (Å²) in [5.41, 5.74) is 2.79. The van der Waals surface area contributed by atoms with Gasteiger partial charge < -0.3 is 0 Å². The predicted molar refractivity (Wildman–Crippen MR) is 98.8 cm³/mol. The zero-order valence-electron chi connectivity index (χ0n) is 12.8. The second-order valence-corrected chi connectivity index (χ2v) is 9.48. The quantitative estimate of drug-likeness (QED) is 0.645. The van der Waals surface area contributed by atoms with Gasteiger partial charge in [-0.25, -0.2) is 0 Å². The molecule has 0 saturated heterocycles. The summed E-state index contributed by atoms with van der Waals surface area (Å²) in [6, 6.07) is 12.7. The van der Waals surface area contributed by atoms with Crippen LogP contribution in [0.1, 0.15) is 30.4 Å². The van der Waals surface area contributed by atoms with Gasteiger partial charge in [-0.05, 0) is 0 Å². The maximum absolute atomic E-state index is 13.1. The van der Waals surface area contributed by atoms with Crippen LogP contribution in [0.15, 0.2) is 51.8 Å². The van der Waals surface area contributed by atoms with Crippen molar-refractivity contribution in [1.82, 2.24) is 0 Å². The second kappa shape index (κ2) is 6.17. The van der Waals surface area contributed by atoms with Crippen LogP contribution in [0.5, 0.6) is 0 Å². The fourth-order valence-electron chi connectivity index (χ4n) is 2.77. The molecule has 3 rings (SSSR count). The Kier molecular flexibility index (Phi) is 4.53.